The third-order valence-corrected chi connectivity index (χ3v) is 4.69. The summed E-state index contributed by atoms with van der Waals surface area (Å²) in [6.45, 7) is 5.82. The molecule has 3 rings (SSSR count). The standard InChI is InChI=1S/C17H21N/c1-16(2)11-17(16,12-18-3)15-9-8-13-6-4-5-7-14(13)10-15/h4-10,18H,11-12H2,1-3H3. The van der Waals surface area contributed by atoms with Gasteiger partial charge in [-0.3, -0.25) is 0 Å². The van der Waals surface area contributed by atoms with Crippen molar-refractivity contribution in [3.8, 4) is 0 Å². The van der Waals surface area contributed by atoms with E-state index in [0.717, 1.165) is 6.54 Å². The first kappa shape index (κ1) is 11.7. The van der Waals surface area contributed by atoms with E-state index in [1.807, 2.05) is 0 Å². The van der Waals surface area contributed by atoms with Crippen molar-refractivity contribution in [2.75, 3.05) is 13.6 Å². The fourth-order valence-corrected chi connectivity index (χ4v) is 3.40. The van der Waals surface area contributed by atoms with Gasteiger partial charge in [-0.05, 0) is 35.2 Å². The molecule has 0 bridgehead atoms. The third-order valence-electron chi connectivity index (χ3n) is 4.69. The lowest BCUT2D eigenvalue weighted by Gasteiger charge is -2.21. The Morgan fingerprint density at radius 3 is 2.33 bits per heavy atom. The second-order valence-corrected chi connectivity index (χ2v) is 6.24. The molecule has 1 aliphatic rings. The molecule has 0 spiro atoms. The summed E-state index contributed by atoms with van der Waals surface area (Å²) in [4.78, 5) is 0. The molecule has 0 heterocycles. The third kappa shape index (κ3) is 1.58. The lowest BCUT2D eigenvalue weighted by molar-refractivity contribution is 0.477. The van der Waals surface area contributed by atoms with Gasteiger partial charge in [0, 0.05) is 12.0 Å². The predicted molar refractivity (Wildman–Crippen MR) is 78.0 cm³/mol. The Labute approximate surface area is 109 Å². The molecule has 1 fully saturated rings. The van der Waals surface area contributed by atoms with Crippen LogP contribution in [0.5, 0.6) is 0 Å². The van der Waals surface area contributed by atoms with Crippen LogP contribution in [0, 0.1) is 5.41 Å². The number of nitrogens with one attached hydrogen (secondary N) is 1. The van der Waals surface area contributed by atoms with Gasteiger partial charge in [-0.1, -0.05) is 56.3 Å². The number of benzene rings is 2. The van der Waals surface area contributed by atoms with Gasteiger partial charge in [-0.25, -0.2) is 0 Å². The largest absolute Gasteiger partial charge is 0.319 e. The fraction of sp³-hybridized carbons (Fsp3) is 0.412. The van der Waals surface area contributed by atoms with Gasteiger partial charge < -0.3 is 5.32 Å². The van der Waals surface area contributed by atoms with Crippen LogP contribution in [0.15, 0.2) is 42.5 Å². The first-order chi connectivity index (χ1) is 8.59. The minimum absolute atomic E-state index is 0.325. The summed E-state index contributed by atoms with van der Waals surface area (Å²) in [5.41, 5.74) is 2.23. The Hall–Kier alpha value is -1.34. The second-order valence-electron chi connectivity index (χ2n) is 6.24. The van der Waals surface area contributed by atoms with Crippen molar-refractivity contribution in [2.24, 2.45) is 5.41 Å². The molecule has 1 aliphatic carbocycles. The number of hydrogen-bond donors (Lipinski definition) is 1. The molecule has 0 aromatic heterocycles. The second kappa shape index (κ2) is 3.83. The van der Waals surface area contributed by atoms with Crippen LogP contribution >= 0.6 is 0 Å². The van der Waals surface area contributed by atoms with Gasteiger partial charge in [0.05, 0.1) is 0 Å². The van der Waals surface area contributed by atoms with E-state index >= 15 is 0 Å². The van der Waals surface area contributed by atoms with Crippen LogP contribution < -0.4 is 5.32 Å². The first-order valence-corrected chi connectivity index (χ1v) is 6.73. The Kier molecular flexibility index (Phi) is 2.49. The average molecular weight is 239 g/mol. The normalized spacial score (nSPS) is 25.3. The van der Waals surface area contributed by atoms with E-state index < -0.39 is 0 Å². The molecular weight excluding hydrogens is 218 g/mol. The molecule has 0 radical (unpaired) electrons. The molecule has 0 amide bonds. The molecule has 0 aliphatic heterocycles. The van der Waals surface area contributed by atoms with Crippen LogP contribution in [0.3, 0.4) is 0 Å². The quantitative estimate of drug-likeness (QED) is 0.860. The summed E-state index contributed by atoms with van der Waals surface area (Å²) in [6, 6.07) is 15.6. The summed E-state index contributed by atoms with van der Waals surface area (Å²) in [7, 11) is 2.05. The highest BCUT2D eigenvalue weighted by atomic mass is 14.9. The van der Waals surface area contributed by atoms with Crippen molar-refractivity contribution in [3.05, 3.63) is 48.0 Å². The van der Waals surface area contributed by atoms with Gasteiger partial charge >= 0.3 is 0 Å². The van der Waals surface area contributed by atoms with Crippen molar-refractivity contribution < 1.29 is 0 Å². The zero-order valence-electron chi connectivity index (χ0n) is 11.5. The van der Waals surface area contributed by atoms with Gasteiger partial charge in [0.25, 0.3) is 0 Å². The molecule has 1 saturated carbocycles. The van der Waals surface area contributed by atoms with Gasteiger partial charge in [0.2, 0.25) is 0 Å². The van der Waals surface area contributed by atoms with Crippen molar-refractivity contribution in [1.82, 2.24) is 5.32 Å². The van der Waals surface area contributed by atoms with Gasteiger partial charge in [0.15, 0.2) is 0 Å². The molecule has 18 heavy (non-hydrogen) atoms. The maximum atomic E-state index is 3.37. The Bertz CT molecular complexity index is 585. The summed E-state index contributed by atoms with van der Waals surface area (Å²) in [5.74, 6) is 0. The van der Waals surface area contributed by atoms with E-state index in [0.29, 0.717) is 10.8 Å². The summed E-state index contributed by atoms with van der Waals surface area (Å²) < 4.78 is 0. The summed E-state index contributed by atoms with van der Waals surface area (Å²) >= 11 is 0. The van der Waals surface area contributed by atoms with Crippen LogP contribution in [-0.4, -0.2) is 13.6 Å². The Morgan fingerprint density at radius 1 is 1.06 bits per heavy atom. The molecule has 0 saturated heterocycles. The Morgan fingerprint density at radius 2 is 1.72 bits per heavy atom. The van der Waals surface area contributed by atoms with E-state index in [-0.39, 0.29) is 0 Å². The zero-order chi connectivity index (χ0) is 12.8. The van der Waals surface area contributed by atoms with Crippen molar-refractivity contribution in [1.29, 1.82) is 0 Å². The van der Waals surface area contributed by atoms with Crippen molar-refractivity contribution >= 4 is 10.8 Å². The zero-order valence-corrected chi connectivity index (χ0v) is 11.5. The van der Waals surface area contributed by atoms with Gasteiger partial charge in [-0.2, -0.15) is 0 Å². The molecule has 1 N–H and O–H groups in total. The molecule has 94 valence electrons. The van der Waals surface area contributed by atoms with E-state index in [1.165, 1.54) is 22.8 Å². The maximum absolute atomic E-state index is 3.37. The van der Waals surface area contributed by atoms with E-state index in [9.17, 15) is 0 Å². The molecule has 1 unspecified atom stereocenters. The lowest BCUT2D eigenvalue weighted by atomic mass is 9.86. The van der Waals surface area contributed by atoms with Crippen LogP contribution in [0.2, 0.25) is 0 Å². The van der Waals surface area contributed by atoms with E-state index in [2.05, 4.69) is 68.7 Å². The van der Waals surface area contributed by atoms with Gasteiger partial charge in [0.1, 0.15) is 0 Å². The molecular formula is C17H21N. The molecule has 2 aromatic rings. The lowest BCUT2D eigenvalue weighted by Crippen LogP contribution is -2.28. The fourth-order valence-electron chi connectivity index (χ4n) is 3.40. The molecule has 2 aromatic carbocycles. The van der Waals surface area contributed by atoms with Gasteiger partial charge in [-0.15, -0.1) is 0 Å². The number of hydrogen-bond acceptors (Lipinski definition) is 1. The number of fused-ring (bicyclic) bond motifs is 1. The molecule has 1 atom stereocenters. The topological polar surface area (TPSA) is 12.0 Å². The number of likely N-dealkylation sites (N-methyl/N-ethyl adjacent to an activating group) is 1. The summed E-state index contributed by atoms with van der Waals surface area (Å²) in [6.07, 6.45) is 1.28. The first-order valence-electron chi connectivity index (χ1n) is 6.73. The highest BCUT2D eigenvalue weighted by Crippen LogP contribution is 2.64. The van der Waals surface area contributed by atoms with Crippen molar-refractivity contribution in [2.45, 2.75) is 25.7 Å². The molecule has 1 heteroatoms. The summed E-state index contributed by atoms with van der Waals surface area (Å²) in [5, 5.41) is 6.06. The predicted octanol–water partition coefficient (Wildman–Crippen LogP) is 3.73. The van der Waals surface area contributed by atoms with E-state index in [4.69, 9.17) is 0 Å². The van der Waals surface area contributed by atoms with Crippen LogP contribution in [-0.2, 0) is 5.41 Å². The van der Waals surface area contributed by atoms with Crippen LogP contribution in [0.25, 0.3) is 10.8 Å². The minimum atomic E-state index is 0.325. The Balaban J connectivity index is 2.09. The average Bonchev–Trinajstić information content (AvgIpc) is 2.92. The minimum Gasteiger partial charge on any atom is -0.319 e. The van der Waals surface area contributed by atoms with E-state index in [1.54, 1.807) is 0 Å². The smallest absolute Gasteiger partial charge is 0.0135 e. The highest BCUT2D eigenvalue weighted by molar-refractivity contribution is 5.83. The molecule has 1 nitrogen and oxygen atoms in total. The maximum Gasteiger partial charge on any atom is 0.0135 e. The van der Waals surface area contributed by atoms with Crippen molar-refractivity contribution in [3.63, 3.8) is 0 Å². The monoisotopic (exact) mass is 239 g/mol. The highest BCUT2D eigenvalue weighted by Gasteiger charge is 2.61. The van der Waals surface area contributed by atoms with Crippen LogP contribution in [0.4, 0.5) is 0 Å². The van der Waals surface area contributed by atoms with Crippen LogP contribution in [0.1, 0.15) is 25.8 Å². The number of rotatable bonds is 3. The SMILES string of the molecule is CNCC1(c2ccc3ccccc3c2)CC1(C)C.